The fraction of sp³-hybridized carbons (Fsp3) is 0.368. The Hall–Kier alpha value is -2.40. The molecule has 0 spiro atoms. The van der Waals surface area contributed by atoms with Gasteiger partial charge in [-0.25, -0.2) is 0 Å². The van der Waals surface area contributed by atoms with Crippen molar-refractivity contribution >= 4 is 5.91 Å². The van der Waals surface area contributed by atoms with Crippen LogP contribution in [0.15, 0.2) is 48.8 Å². The third kappa shape index (κ3) is 4.32. The number of rotatable bonds is 6. The molecule has 1 unspecified atom stereocenters. The molecule has 1 saturated heterocycles. The molecule has 2 aromatic rings. The first-order valence-electron chi connectivity index (χ1n) is 8.24. The number of aromatic nitrogens is 1. The van der Waals surface area contributed by atoms with Gasteiger partial charge >= 0.3 is 0 Å². The van der Waals surface area contributed by atoms with Crippen LogP contribution in [0.2, 0.25) is 0 Å². The number of carbonyl (C=O) groups is 1. The highest BCUT2D eigenvalue weighted by Gasteiger charge is 2.25. The largest absolute Gasteiger partial charge is 0.489 e. The van der Waals surface area contributed by atoms with Gasteiger partial charge in [0.1, 0.15) is 12.4 Å². The highest BCUT2D eigenvalue weighted by molar-refractivity contribution is 5.79. The Morgan fingerprint density at radius 3 is 2.92 bits per heavy atom. The number of amides is 1. The molecule has 1 N–H and O–H groups in total. The molecular weight excluding hydrogens is 304 g/mol. The van der Waals surface area contributed by atoms with Crippen LogP contribution < -0.4 is 4.74 Å². The Labute approximate surface area is 141 Å². The van der Waals surface area contributed by atoms with Crippen molar-refractivity contribution in [3.8, 4) is 5.75 Å². The number of carbonyl (C=O) groups excluding carboxylic acids is 1. The van der Waals surface area contributed by atoms with Gasteiger partial charge in [-0.05, 0) is 30.2 Å². The summed E-state index contributed by atoms with van der Waals surface area (Å²) < 4.78 is 5.78. The number of ether oxygens (including phenoxy) is 1. The Kier molecular flexibility index (Phi) is 5.43. The molecule has 5 heteroatoms. The Morgan fingerprint density at radius 1 is 1.29 bits per heavy atom. The molecule has 126 valence electrons. The van der Waals surface area contributed by atoms with E-state index in [1.165, 1.54) is 0 Å². The average molecular weight is 326 g/mol. The second-order valence-corrected chi connectivity index (χ2v) is 6.15. The summed E-state index contributed by atoms with van der Waals surface area (Å²) in [6.45, 7) is 2.00. The van der Waals surface area contributed by atoms with E-state index in [1.54, 1.807) is 12.4 Å². The lowest BCUT2D eigenvalue weighted by Gasteiger charge is -2.16. The second kappa shape index (κ2) is 7.93. The van der Waals surface area contributed by atoms with Crippen LogP contribution in [0.4, 0.5) is 0 Å². The van der Waals surface area contributed by atoms with E-state index in [2.05, 4.69) is 4.98 Å². The van der Waals surface area contributed by atoms with Gasteiger partial charge in [-0.1, -0.05) is 18.2 Å². The van der Waals surface area contributed by atoms with Crippen molar-refractivity contribution in [3.63, 3.8) is 0 Å². The van der Waals surface area contributed by atoms with E-state index in [-0.39, 0.29) is 18.4 Å². The fourth-order valence-electron chi connectivity index (χ4n) is 2.89. The van der Waals surface area contributed by atoms with Gasteiger partial charge in [-0.15, -0.1) is 0 Å². The summed E-state index contributed by atoms with van der Waals surface area (Å²) in [7, 11) is 0. The summed E-state index contributed by atoms with van der Waals surface area (Å²) in [5.41, 5.74) is 1.95. The minimum atomic E-state index is 0.107. The quantitative estimate of drug-likeness (QED) is 0.882. The molecule has 0 bridgehead atoms. The zero-order valence-electron chi connectivity index (χ0n) is 13.6. The molecule has 5 nitrogen and oxygen atoms in total. The molecule has 24 heavy (non-hydrogen) atoms. The maximum atomic E-state index is 12.4. The van der Waals surface area contributed by atoms with Gasteiger partial charge < -0.3 is 14.7 Å². The fourth-order valence-corrected chi connectivity index (χ4v) is 2.89. The van der Waals surface area contributed by atoms with Gasteiger partial charge in [-0.2, -0.15) is 0 Å². The predicted molar refractivity (Wildman–Crippen MR) is 90.5 cm³/mol. The SMILES string of the molecule is O=C(Cc1cccc(OCc2cccnc2)c1)N1CCC(CO)C1. The molecule has 1 amide bonds. The van der Waals surface area contributed by atoms with E-state index in [0.717, 1.165) is 29.8 Å². The second-order valence-electron chi connectivity index (χ2n) is 6.15. The van der Waals surface area contributed by atoms with E-state index in [1.807, 2.05) is 41.3 Å². The van der Waals surface area contributed by atoms with Crippen LogP contribution in [0, 0.1) is 5.92 Å². The van der Waals surface area contributed by atoms with Crippen molar-refractivity contribution in [2.75, 3.05) is 19.7 Å². The number of pyridine rings is 1. The van der Waals surface area contributed by atoms with Crippen LogP contribution >= 0.6 is 0 Å². The molecule has 0 radical (unpaired) electrons. The van der Waals surface area contributed by atoms with Crippen LogP contribution in [0.1, 0.15) is 17.5 Å². The lowest BCUT2D eigenvalue weighted by molar-refractivity contribution is -0.129. The topological polar surface area (TPSA) is 62.7 Å². The smallest absolute Gasteiger partial charge is 0.227 e. The highest BCUT2D eigenvalue weighted by atomic mass is 16.5. The summed E-state index contributed by atoms with van der Waals surface area (Å²) in [4.78, 5) is 18.3. The standard InChI is InChI=1S/C19H22N2O3/c22-13-17-6-8-21(12-17)19(23)10-15-3-1-5-18(9-15)24-14-16-4-2-7-20-11-16/h1-5,7,9,11,17,22H,6,8,10,12-14H2. The van der Waals surface area contributed by atoms with Crippen LogP contribution in [0.5, 0.6) is 5.75 Å². The average Bonchev–Trinajstić information content (AvgIpc) is 3.11. The van der Waals surface area contributed by atoms with Crippen molar-refractivity contribution < 1.29 is 14.6 Å². The molecule has 1 aliphatic heterocycles. The molecular formula is C19H22N2O3. The summed E-state index contributed by atoms with van der Waals surface area (Å²) >= 11 is 0. The number of aliphatic hydroxyl groups excluding tert-OH is 1. The molecule has 1 fully saturated rings. The number of hydrogen-bond acceptors (Lipinski definition) is 4. The summed E-state index contributed by atoms with van der Waals surface area (Å²) in [5.74, 6) is 1.08. The first-order valence-corrected chi connectivity index (χ1v) is 8.24. The lowest BCUT2D eigenvalue weighted by Crippen LogP contribution is -2.30. The third-order valence-electron chi connectivity index (χ3n) is 4.28. The zero-order chi connectivity index (χ0) is 16.8. The van der Waals surface area contributed by atoms with E-state index in [9.17, 15) is 9.90 Å². The van der Waals surface area contributed by atoms with E-state index < -0.39 is 0 Å². The number of nitrogens with zero attached hydrogens (tertiary/aromatic N) is 2. The van der Waals surface area contributed by atoms with Gasteiger partial charge in [0.2, 0.25) is 5.91 Å². The third-order valence-corrected chi connectivity index (χ3v) is 4.28. The van der Waals surface area contributed by atoms with E-state index in [4.69, 9.17) is 4.74 Å². The molecule has 1 aromatic carbocycles. The van der Waals surface area contributed by atoms with Crippen LogP contribution in [-0.4, -0.2) is 40.6 Å². The molecule has 1 atom stereocenters. The van der Waals surface area contributed by atoms with Crippen molar-refractivity contribution in [1.82, 2.24) is 9.88 Å². The number of benzene rings is 1. The summed E-state index contributed by atoms with van der Waals surface area (Å²) in [5, 5.41) is 9.19. The first-order chi connectivity index (χ1) is 11.7. The van der Waals surface area contributed by atoms with Gasteiger partial charge in [0, 0.05) is 43.6 Å². The number of hydrogen-bond donors (Lipinski definition) is 1. The summed E-state index contributed by atoms with van der Waals surface area (Å²) in [6, 6.07) is 11.5. The minimum Gasteiger partial charge on any atom is -0.489 e. The van der Waals surface area contributed by atoms with Crippen LogP contribution in [-0.2, 0) is 17.8 Å². The molecule has 0 aliphatic carbocycles. The molecule has 0 saturated carbocycles. The van der Waals surface area contributed by atoms with Crippen molar-refractivity contribution in [1.29, 1.82) is 0 Å². The van der Waals surface area contributed by atoms with Gasteiger partial charge in [0.05, 0.1) is 6.42 Å². The van der Waals surface area contributed by atoms with Crippen LogP contribution in [0.3, 0.4) is 0 Å². The summed E-state index contributed by atoms with van der Waals surface area (Å²) in [6.07, 6.45) is 4.76. The number of aliphatic hydroxyl groups is 1. The monoisotopic (exact) mass is 326 g/mol. The van der Waals surface area contributed by atoms with E-state index in [0.29, 0.717) is 19.6 Å². The Morgan fingerprint density at radius 2 is 2.17 bits per heavy atom. The number of likely N-dealkylation sites (tertiary alicyclic amines) is 1. The Balaban J connectivity index is 1.56. The zero-order valence-corrected chi connectivity index (χ0v) is 13.6. The van der Waals surface area contributed by atoms with E-state index >= 15 is 0 Å². The molecule has 3 rings (SSSR count). The predicted octanol–water partition coefficient (Wildman–Crippen LogP) is 2.04. The Bertz CT molecular complexity index is 675. The molecule has 1 aromatic heterocycles. The van der Waals surface area contributed by atoms with Gasteiger partial charge in [-0.3, -0.25) is 9.78 Å². The maximum absolute atomic E-state index is 12.4. The molecule has 2 heterocycles. The van der Waals surface area contributed by atoms with Crippen molar-refractivity contribution in [2.45, 2.75) is 19.4 Å². The highest BCUT2D eigenvalue weighted by Crippen LogP contribution is 2.19. The van der Waals surface area contributed by atoms with Gasteiger partial charge in [0.15, 0.2) is 0 Å². The first kappa shape index (κ1) is 16.5. The van der Waals surface area contributed by atoms with Crippen LogP contribution in [0.25, 0.3) is 0 Å². The van der Waals surface area contributed by atoms with Gasteiger partial charge in [0.25, 0.3) is 0 Å². The normalized spacial score (nSPS) is 17.0. The maximum Gasteiger partial charge on any atom is 0.227 e. The molecule has 1 aliphatic rings. The lowest BCUT2D eigenvalue weighted by atomic mass is 10.1. The van der Waals surface area contributed by atoms with Crippen molar-refractivity contribution in [2.24, 2.45) is 5.92 Å². The minimum absolute atomic E-state index is 0.107. The van der Waals surface area contributed by atoms with Crippen molar-refractivity contribution in [3.05, 3.63) is 59.9 Å².